The summed E-state index contributed by atoms with van der Waals surface area (Å²) >= 11 is 0. The number of hydrogen-bond donors (Lipinski definition) is 1. The Morgan fingerprint density at radius 3 is 2.51 bits per heavy atom. The summed E-state index contributed by atoms with van der Waals surface area (Å²) in [5.41, 5.74) is 3.78. The number of pyridine rings is 1. The van der Waals surface area contributed by atoms with E-state index in [4.69, 9.17) is 9.47 Å². The average molecular weight is 530 g/mol. The van der Waals surface area contributed by atoms with E-state index in [1.807, 2.05) is 24.3 Å². The van der Waals surface area contributed by atoms with Gasteiger partial charge in [0.2, 0.25) is 0 Å². The van der Waals surface area contributed by atoms with Gasteiger partial charge in [-0.25, -0.2) is 8.42 Å². The number of carbonyl (C=O) groups excluding carboxylic acids is 1. The second-order valence-electron chi connectivity index (χ2n) is 10.8. The third-order valence-corrected chi connectivity index (χ3v) is 7.91. The van der Waals surface area contributed by atoms with Crippen LogP contribution in [-0.4, -0.2) is 64.1 Å². The van der Waals surface area contributed by atoms with Gasteiger partial charge in [-0.3, -0.25) is 9.78 Å². The Morgan fingerprint density at radius 2 is 1.95 bits per heavy atom. The van der Waals surface area contributed by atoms with Gasteiger partial charge < -0.3 is 19.7 Å². The van der Waals surface area contributed by atoms with E-state index in [1.165, 1.54) is 0 Å². The van der Waals surface area contributed by atoms with E-state index in [9.17, 15) is 13.2 Å². The fourth-order valence-electron chi connectivity index (χ4n) is 5.14. The lowest BCUT2D eigenvalue weighted by Crippen LogP contribution is -2.42. The molecule has 1 N–H and O–H groups in total. The van der Waals surface area contributed by atoms with E-state index in [-0.39, 0.29) is 5.78 Å². The van der Waals surface area contributed by atoms with Crippen molar-refractivity contribution in [3.63, 3.8) is 0 Å². The molecule has 1 saturated heterocycles. The fourth-order valence-corrected chi connectivity index (χ4v) is 5.89. The molecular formula is C28H39N3O5S. The van der Waals surface area contributed by atoms with E-state index >= 15 is 0 Å². The van der Waals surface area contributed by atoms with Crippen molar-refractivity contribution in [3.05, 3.63) is 47.8 Å². The Balaban J connectivity index is 1.73. The Kier molecular flexibility index (Phi) is 8.56. The highest BCUT2D eigenvalue weighted by Crippen LogP contribution is 2.51. The molecule has 8 nitrogen and oxygen atoms in total. The van der Waals surface area contributed by atoms with Gasteiger partial charge in [0.05, 0.1) is 41.0 Å². The summed E-state index contributed by atoms with van der Waals surface area (Å²) in [6.07, 6.45) is 6.16. The molecule has 37 heavy (non-hydrogen) atoms. The molecule has 9 heteroatoms. The number of rotatable bonds is 12. The zero-order valence-corrected chi connectivity index (χ0v) is 23.1. The van der Waals surface area contributed by atoms with Crippen LogP contribution in [0.15, 0.2) is 36.5 Å². The zero-order valence-electron chi connectivity index (χ0n) is 22.3. The lowest BCUT2D eigenvalue weighted by Gasteiger charge is -2.38. The number of carbonyl (C=O) groups is 1. The summed E-state index contributed by atoms with van der Waals surface area (Å²) in [5, 5.41) is 3.56. The monoisotopic (exact) mass is 529 g/mol. The summed E-state index contributed by atoms with van der Waals surface area (Å²) in [6.45, 7) is 7.26. The van der Waals surface area contributed by atoms with Crippen molar-refractivity contribution < 1.29 is 22.7 Å². The number of nitrogens with one attached hydrogen (secondary N) is 1. The normalized spacial score (nSPS) is 17.5. The fraction of sp³-hybridized carbons (Fsp3) is 0.571. The number of sulfone groups is 1. The van der Waals surface area contributed by atoms with Gasteiger partial charge in [0.15, 0.2) is 15.6 Å². The zero-order chi connectivity index (χ0) is 26.6. The minimum atomic E-state index is -3.40. The first kappa shape index (κ1) is 27.5. The van der Waals surface area contributed by atoms with Gasteiger partial charge in [0, 0.05) is 39.2 Å². The molecule has 4 rings (SSSR count). The van der Waals surface area contributed by atoms with Crippen LogP contribution >= 0.6 is 0 Å². The molecule has 2 heterocycles. The Hall–Kier alpha value is -2.49. The van der Waals surface area contributed by atoms with Crippen molar-refractivity contribution in [1.82, 2.24) is 4.98 Å². The highest BCUT2D eigenvalue weighted by molar-refractivity contribution is 7.91. The van der Waals surface area contributed by atoms with Gasteiger partial charge in [-0.1, -0.05) is 19.9 Å². The van der Waals surface area contributed by atoms with Crippen LogP contribution in [0.4, 0.5) is 17.1 Å². The molecule has 1 aliphatic carbocycles. The van der Waals surface area contributed by atoms with E-state index in [1.54, 1.807) is 13.3 Å². The summed E-state index contributed by atoms with van der Waals surface area (Å²) in [4.78, 5) is 20.0. The Morgan fingerprint density at radius 1 is 1.22 bits per heavy atom. The first-order chi connectivity index (χ1) is 17.6. The van der Waals surface area contributed by atoms with Crippen molar-refractivity contribution in [2.24, 2.45) is 5.92 Å². The third-order valence-electron chi connectivity index (χ3n) is 7.13. The maximum absolute atomic E-state index is 13.1. The van der Waals surface area contributed by atoms with Gasteiger partial charge in [-0.05, 0) is 61.4 Å². The van der Waals surface area contributed by atoms with Crippen molar-refractivity contribution in [2.45, 2.75) is 57.6 Å². The first-order valence-corrected chi connectivity index (χ1v) is 15.1. The second-order valence-corrected chi connectivity index (χ2v) is 12.9. The number of nitrogens with zero attached hydrogens (tertiary/aromatic N) is 2. The molecule has 1 aromatic carbocycles. The highest BCUT2D eigenvalue weighted by Gasteiger charge is 2.51. The van der Waals surface area contributed by atoms with Crippen molar-refractivity contribution >= 4 is 32.7 Å². The number of hydrogen-bond acceptors (Lipinski definition) is 8. The van der Waals surface area contributed by atoms with Crippen LogP contribution in [0.2, 0.25) is 0 Å². The highest BCUT2D eigenvalue weighted by atomic mass is 32.2. The lowest BCUT2D eigenvalue weighted by molar-refractivity contribution is -0.119. The largest absolute Gasteiger partial charge is 0.381 e. The summed E-state index contributed by atoms with van der Waals surface area (Å²) in [6, 6.07) is 10.4. The molecule has 1 saturated carbocycles. The molecule has 2 aliphatic rings. The molecule has 0 bridgehead atoms. The molecule has 0 atom stereocenters. The summed E-state index contributed by atoms with van der Waals surface area (Å²) in [7, 11) is -1.75. The van der Waals surface area contributed by atoms with Crippen LogP contribution in [0.1, 0.15) is 50.8 Å². The number of methoxy groups -OCH3 is 1. The van der Waals surface area contributed by atoms with Crippen molar-refractivity contribution in [2.75, 3.05) is 49.1 Å². The molecule has 0 unspecified atom stereocenters. The molecule has 0 spiro atoms. The average Bonchev–Trinajstić information content (AvgIpc) is 3.66. The van der Waals surface area contributed by atoms with Gasteiger partial charge in [0.1, 0.15) is 5.75 Å². The van der Waals surface area contributed by atoms with E-state index in [0.29, 0.717) is 31.4 Å². The quantitative estimate of drug-likeness (QED) is 0.436. The summed E-state index contributed by atoms with van der Waals surface area (Å²) < 4.78 is 34.6. The van der Waals surface area contributed by atoms with Crippen LogP contribution in [-0.2, 0) is 36.1 Å². The van der Waals surface area contributed by atoms with Gasteiger partial charge in [0.25, 0.3) is 0 Å². The Labute approximate surface area is 220 Å². The second kappa shape index (κ2) is 11.5. The van der Waals surface area contributed by atoms with Crippen LogP contribution < -0.4 is 10.2 Å². The first-order valence-electron chi connectivity index (χ1n) is 13.0. The molecule has 2 fully saturated rings. The number of ketones is 1. The minimum Gasteiger partial charge on any atom is -0.381 e. The van der Waals surface area contributed by atoms with Crippen LogP contribution in [0.5, 0.6) is 0 Å². The minimum absolute atomic E-state index is 0.220. The number of benzene rings is 1. The number of anilines is 3. The smallest absolute Gasteiger partial charge is 0.158 e. The maximum atomic E-state index is 13.1. The molecule has 0 amide bonds. The molecule has 1 aliphatic heterocycles. The number of Topliss-reactive ketones (excluding diaryl/α,β-unsaturated/α-hetero) is 1. The predicted octanol–water partition coefficient (Wildman–Crippen LogP) is 4.26. The standard InChI is InChI=1S/C28H39N3O5S/c1-20(2)17-31(24-9-13-36-14-10-24)26-8-5-21(28(11-12-28)27(32)19-37(4,33)34)15-25(26)30-22-6-7-23(18-35-3)29-16-22/h5-8,15-16,20,24,30H,9-14,17-19H2,1-4H3. The number of ether oxygens (including phenoxy) is 2. The van der Waals surface area contributed by atoms with Crippen molar-refractivity contribution in [1.29, 1.82) is 0 Å². The predicted molar refractivity (Wildman–Crippen MR) is 146 cm³/mol. The molecule has 1 aromatic heterocycles. The summed E-state index contributed by atoms with van der Waals surface area (Å²) in [5.74, 6) is -0.191. The van der Waals surface area contributed by atoms with Crippen LogP contribution in [0, 0.1) is 5.92 Å². The Bertz CT molecular complexity index is 1190. The van der Waals surface area contributed by atoms with Gasteiger partial charge >= 0.3 is 0 Å². The molecular weight excluding hydrogens is 490 g/mol. The van der Waals surface area contributed by atoms with Crippen LogP contribution in [0.3, 0.4) is 0 Å². The third kappa shape index (κ3) is 6.89. The van der Waals surface area contributed by atoms with Crippen molar-refractivity contribution in [3.8, 4) is 0 Å². The lowest BCUT2D eigenvalue weighted by atomic mass is 9.90. The molecule has 2 aromatic rings. The van der Waals surface area contributed by atoms with E-state index in [2.05, 4.69) is 35.1 Å². The maximum Gasteiger partial charge on any atom is 0.158 e. The van der Waals surface area contributed by atoms with E-state index < -0.39 is 21.0 Å². The topological polar surface area (TPSA) is 97.8 Å². The van der Waals surface area contributed by atoms with E-state index in [0.717, 1.165) is 67.2 Å². The molecule has 0 radical (unpaired) electrons. The SMILES string of the molecule is COCc1ccc(Nc2cc(C3(C(=O)CS(C)(=O)=O)CC3)ccc2N(CC(C)C)C2CCOCC2)cn1. The van der Waals surface area contributed by atoms with Crippen LogP contribution in [0.25, 0.3) is 0 Å². The van der Waals surface area contributed by atoms with Gasteiger partial charge in [-0.2, -0.15) is 0 Å². The van der Waals surface area contributed by atoms with Gasteiger partial charge in [-0.15, -0.1) is 0 Å². The molecule has 202 valence electrons. The number of aromatic nitrogens is 1.